The molecule has 0 aliphatic heterocycles. The van der Waals surface area contributed by atoms with E-state index < -0.39 is 40.9 Å². The lowest BCUT2D eigenvalue weighted by atomic mass is 9.96. The van der Waals surface area contributed by atoms with E-state index >= 15 is 0 Å². The predicted octanol–water partition coefficient (Wildman–Crippen LogP) is 19.1. The standard InChI is InChI=1S/C24H22BrFN4O2.C24H23BrN4O2.C24H23ClN4O3.C23H20BrFN4O2.CH4/c1-14-4-5-15(19(10-14)24(32)29-22-9-7-17(25)13-28-22)12-21(31)18-8-6-16(11-20(18)26)23(27)30(2)3;1-15-4-5-18(20(12-15)24(31)28-22-11-10-19(25)14-27-22)13-21(30)16-6-8-17(9-7-16)23(26)29(2)3;1-29(2)23(26)16-6-4-15(5-7-16)21(30)12-17-8-10-19(32-3)13-20(17)24(31)28-22-11-9-18(25)14-27-22;1-29(2)22(26)15-7-9-18(19(25)11-15)20(30)12-14-5-3-4-6-17(14)23(31)28-21-10-8-16(24)13-27-21;/h4-11,13,27H,12H2,1-3H3,(H,28,29,32);4-12,14,26H,13H2,1-3H3,(H,27,28,31);4-11,13-14,26H,12H2,1-3H3,(H,27,28,31);3-11,13,26H,12H2,1-2H3,(H,27,28,31);1H4. The third-order valence-electron chi connectivity index (χ3n) is 19.0. The fraction of sp³-hybridized carbons (Fsp3) is 0.167. The van der Waals surface area contributed by atoms with Crippen molar-refractivity contribution in [1.29, 1.82) is 21.6 Å². The predicted molar refractivity (Wildman–Crippen MR) is 505 cm³/mol. The Bertz CT molecular complexity index is 6090. The van der Waals surface area contributed by atoms with Crippen molar-refractivity contribution in [3.8, 4) is 5.75 Å². The highest BCUT2D eigenvalue weighted by Gasteiger charge is 2.25. The van der Waals surface area contributed by atoms with Crippen LogP contribution in [0.15, 0.2) is 251 Å². The molecule has 8 N–H and O–H groups in total. The number of hydrogen-bond acceptors (Lipinski definition) is 17. The van der Waals surface area contributed by atoms with Crippen LogP contribution in [0.4, 0.5) is 32.1 Å². The molecule has 12 rings (SSSR count). The van der Waals surface area contributed by atoms with E-state index in [0.29, 0.717) is 118 Å². The molecule has 4 aromatic heterocycles. The van der Waals surface area contributed by atoms with Crippen molar-refractivity contribution in [3.05, 3.63) is 367 Å². The summed E-state index contributed by atoms with van der Waals surface area (Å²) in [5.74, 6) is -1.02. The Balaban J connectivity index is 0.000000209. The van der Waals surface area contributed by atoms with Crippen molar-refractivity contribution in [2.75, 3.05) is 84.8 Å². The highest BCUT2D eigenvalue weighted by atomic mass is 79.9. The van der Waals surface area contributed by atoms with Crippen LogP contribution in [0.1, 0.15) is 146 Å². The Kier molecular flexibility index (Phi) is 35.9. The van der Waals surface area contributed by atoms with Crippen LogP contribution in [0.3, 0.4) is 0 Å². The smallest absolute Gasteiger partial charge is 0.257 e. The summed E-state index contributed by atoms with van der Waals surface area (Å²) in [5, 5.41) is 43.3. The molecular weight excluding hydrogens is 1830 g/mol. The van der Waals surface area contributed by atoms with Crippen LogP contribution in [0, 0.1) is 47.1 Å². The number of aryl methyl sites for hydroxylation is 2. The van der Waals surface area contributed by atoms with Crippen molar-refractivity contribution in [1.82, 2.24) is 39.5 Å². The number of benzene rings is 8. The third kappa shape index (κ3) is 28.1. The molecule has 0 unspecified atom stereocenters. The molecule has 0 aliphatic carbocycles. The van der Waals surface area contributed by atoms with Gasteiger partial charge in [-0.15, -0.1) is 0 Å². The van der Waals surface area contributed by atoms with Crippen LogP contribution in [-0.4, -0.2) is 173 Å². The minimum Gasteiger partial charge on any atom is -0.497 e. The Morgan fingerprint density at radius 3 is 0.976 bits per heavy atom. The molecule has 652 valence electrons. The van der Waals surface area contributed by atoms with Gasteiger partial charge in [-0.1, -0.05) is 139 Å². The molecule has 0 saturated carbocycles. The lowest BCUT2D eigenvalue weighted by Gasteiger charge is -2.14. The molecule has 0 fully saturated rings. The first-order chi connectivity index (χ1) is 59.9. The summed E-state index contributed by atoms with van der Waals surface area (Å²) in [6, 6.07) is 57.9. The van der Waals surface area contributed by atoms with E-state index in [1.54, 1.807) is 264 Å². The molecule has 0 radical (unpaired) electrons. The average molecular weight is 1930 g/mol. The molecule has 0 atom stereocenters. The van der Waals surface area contributed by atoms with Gasteiger partial charge in [0.2, 0.25) is 0 Å². The molecule has 0 saturated heterocycles. The number of ketones is 4. The molecule has 0 bridgehead atoms. The van der Waals surface area contributed by atoms with Gasteiger partial charge in [0.25, 0.3) is 23.6 Å². The maximum atomic E-state index is 14.6. The quantitative estimate of drug-likeness (QED) is 0.0150. The summed E-state index contributed by atoms with van der Waals surface area (Å²) in [6.07, 6.45) is 6.03. The number of carbonyl (C=O) groups excluding carboxylic acids is 8. The first-order valence-corrected chi connectivity index (χ1v) is 41.3. The normalized spacial score (nSPS) is 10.4. The van der Waals surface area contributed by atoms with Crippen molar-refractivity contribution < 1.29 is 51.9 Å². The summed E-state index contributed by atoms with van der Waals surface area (Å²) in [4.78, 5) is 126. The van der Waals surface area contributed by atoms with Gasteiger partial charge in [0.05, 0.1) is 23.3 Å². The van der Waals surface area contributed by atoms with Gasteiger partial charge in [-0.25, -0.2) is 28.7 Å². The van der Waals surface area contributed by atoms with Gasteiger partial charge < -0.3 is 45.6 Å². The van der Waals surface area contributed by atoms with Gasteiger partial charge in [0.15, 0.2) is 23.1 Å². The first kappa shape index (κ1) is 98.6. The van der Waals surface area contributed by atoms with E-state index in [-0.39, 0.29) is 73.4 Å². The van der Waals surface area contributed by atoms with Gasteiger partial charge in [0, 0.05) is 176 Å². The summed E-state index contributed by atoms with van der Waals surface area (Å²) < 4.78 is 36.9. The lowest BCUT2D eigenvalue weighted by molar-refractivity contribution is 0.0976. The minimum absolute atomic E-state index is 0. The molecule has 127 heavy (non-hydrogen) atoms. The topological polar surface area (TPSA) is 354 Å². The van der Waals surface area contributed by atoms with Crippen LogP contribution in [0.2, 0.25) is 5.02 Å². The number of nitrogens with zero attached hydrogens (tertiary/aromatic N) is 8. The molecule has 8 aromatic carbocycles. The van der Waals surface area contributed by atoms with Crippen LogP contribution in [0.5, 0.6) is 5.75 Å². The van der Waals surface area contributed by atoms with E-state index in [1.807, 2.05) is 26.0 Å². The number of Topliss-reactive ketones (excluding diaryl/α,β-unsaturated/α-hetero) is 4. The highest BCUT2D eigenvalue weighted by Crippen LogP contribution is 2.27. The van der Waals surface area contributed by atoms with E-state index in [9.17, 15) is 47.1 Å². The Labute approximate surface area is 765 Å². The average Bonchev–Trinajstić information content (AvgIpc) is 0.823. The molecule has 4 amide bonds. The molecular formula is C96H92Br3ClF2N16O9. The zero-order valence-electron chi connectivity index (χ0n) is 70.4. The van der Waals surface area contributed by atoms with Crippen LogP contribution in [0.25, 0.3) is 0 Å². The van der Waals surface area contributed by atoms with Crippen molar-refractivity contribution >= 4 is 153 Å². The number of carbonyl (C=O) groups is 8. The number of hydrogen-bond donors (Lipinski definition) is 8. The maximum Gasteiger partial charge on any atom is 0.257 e. The third-order valence-corrected chi connectivity index (χ3v) is 20.6. The number of aromatic nitrogens is 4. The minimum atomic E-state index is -0.699. The van der Waals surface area contributed by atoms with Gasteiger partial charge in [-0.05, 0) is 187 Å². The fourth-order valence-corrected chi connectivity index (χ4v) is 12.9. The van der Waals surface area contributed by atoms with Gasteiger partial charge in [-0.3, -0.25) is 60.0 Å². The number of pyridine rings is 4. The zero-order chi connectivity index (χ0) is 91.8. The molecule has 25 nitrogen and oxygen atoms in total. The molecule has 12 aromatic rings. The monoisotopic (exact) mass is 1920 g/mol. The lowest BCUT2D eigenvalue weighted by Crippen LogP contribution is -2.22. The van der Waals surface area contributed by atoms with E-state index in [1.165, 1.54) is 43.6 Å². The second-order valence-electron chi connectivity index (χ2n) is 29.2. The number of rotatable bonds is 25. The first-order valence-electron chi connectivity index (χ1n) is 38.6. The number of methoxy groups -OCH3 is 1. The number of halogens is 6. The summed E-state index contributed by atoms with van der Waals surface area (Å²) in [6.45, 7) is 3.75. The molecule has 0 aliphatic rings. The Morgan fingerprint density at radius 1 is 0.346 bits per heavy atom. The second-order valence-corrected chi connectivity index (χ2v) is 32.4. The molecule has 31 heteroatoms. The number of amidine groups is 4. The van der Waals surface area contributed by atoms with Crippen molar-refractivity contribution in [2.24, 2.45) is 0 Å². The number of ether oxygens (including phenoxy) is 1. The van der Waals surface area contributed by atoms with Gasteiger partial charge in [0.1, 0.15) is 64.0 Å². The summed E-state index contributed by atoms with van der Waals surface area (Å²) >= 11 is 15.7. The SMILES string of the molecule is C.CN(C)C(=N)c1ccc(C(=O)Cc2ccccc2C(=O)Nc2ccc(Br)cn2)c(F)c1.COc1ccc(CC(=O)c2ccc(C(=N)N(C)C)cc2)c(C(=O)Nc2ccc(Cl)cn2)c1.Cc1ccc(CC(=O)c2ccc(C(=N)N(C)C)cc2)c(C(=O)Nc2ccc(Br)cn2)c1.Cc1ccc(CC(=O)c2ccc(C(=N)N(C)C)cc2F)c(C(=O)Nc2ccc(Br)cn2)c1. The Morgan fingerprint density at radius 2 is 0.646 bits per heavy atom. The number of amides is 4. The van der Waals surface area contributed by atoms with Crippen LogP contribution >= 0.6 is 59.4 Å². The Hall–Kier alpha value is -13.8. The van der Waals surface area contributed by atoms with Gasteiger partial charge in [-0.2, -0.15) is 0 Å². The van der Waals surface area contributed by atoms with Crippen molar-refractivity contribution in [2.45, 2.75) is 47.0 Å². The van der Waals surface area contributed by atoms with E-state index in [0.717, 1.165) is 30.1 Å². The van der Waals surface area contributed by atoms with E-state index in [4.69, 9.17) is 38.0 Å². The number of nitrogens with one attached hydrogen (secondary N) is 8. The maximum absolute atomic E-state index is 14.6. The van der Waals surface area contributed by atoms with Crippen LogP contribution < -0.4 is 26.0 Å². The van der Waals surface area contributed by atoms with Crippen molar-refractivity contribution in [3.63, 3.8) is 0 Å². The highest BCUT2D eigenvalue weighted by molar-refractivity contribution is 9.11. The molecule has 4 heterocycles. The summed E-state index contributed by atoms with van der Waals surface area (Å²) in [7, 11) is 15.4. The largest absolute Gasteiger partial charge is 0.497 e. The van der Waals surface area contributed by atoms with Gasteiger partial charge >= 0.3 is 0 Å². The fourth-order valence-electron chi connectivity index (χ4n) is 12.1. The zero-order valence-corrected chi connectivity index (χ0v) is 75.9. The second kappa shape index (κ2) is 46.2. The summed E-state index contributed by atoms with van der Waals surface area (Å²) in [5.41, 5.74) is 8.44. The molecule has 0 spiro atoms. The van der Waals surface area contributed by atoms with Crippen LogP contribution in [-0.2, 0) is 25.7 Å². The number of anilines is 4. The van der Waals surface area contributed by atoms with E-state index in [2.05, 4.69) is 89.0 Å².